The van der Waals surface area contributed by atoms with E-state index in [4.69, 9.17) is 4.74 Å². The van der Waals surface area contributed by atoms with Crippen LogP contribution in [0.1, 0.15) is 70.8 Å². The molecule has 3 aliphatic rings. The number of amides is 2. The van der Waals surface area contributed by atoms with Crippen molar-refractivity contribution in [1.29, 1.82) is 0 Å². The van der Waals surface area contributed by atoms with Gasteiger partial charge >= 0.3 is 6.09 Å². The molecule has 2 aliphatic heterocycles. The van der Waals surface area contributed by atoms with E-state index in [9.17, 15) is 14.7 Å². The predicted molar refractivity (Wildman–Crippen MR) is 119 cm³/mol. The molecule has 0 radical (unpaired) electrons. The highest BCUT2D eigenvalue weighted by Crippen LogP contribution is 2.51. The van der Waals surface area contributed by atoms with Crippen molar-refractivity contribution in [3.05, 3.63) is 35.9 Å². The molecule has 2 amide bonds. The third-order valence-electron chi connectivity index (χ3n) is 7.43. The van der Waals surface area contributed by atoms with Crippen molar-refractivity contribution in [3.8, 4) is 0 Å². The first-order valence-corrected chi connectivity index (χ1v) is 11.6. The van der Waals surface area contributed by atoms with Crippen LogP contribution in [-0.4, -0.2) is 64.3 Å². The molecule has 2 heterocycles. The Morgan fingerprint density at radius 1 is 1.16 bits per heavy atom. The Morgan fingerprint density at radius 2 is 1.84 bits per heavy atom. The van der Waals surface area contributed by atoms with Gasteiger partial charge in [-0.3, -0.25) is 4.79 Å². The van der Waals surface area contributed by atoms with E-state index in [-0.39, 0.29) is 23.3 Å². The summed E-state index contributed by atoms with van der Waals surface area (Å²) in [6, 6.07) is 10.2. The van der Waals surface area contributed by atoms with E-state index in [0.717, 1.165) is 25.7 Å². The van der Waals surface area contributed by atoms with Gasteiger partial charge in [0.2, 0.25) is 5.91 Å². The van der Waals surface area contributed by atoms with Crippen LogP contribution < -0.4 is 0 Å². The van der Waals surface area contributed by atoms with E-state index in [1.165, 1.54) is 5.56 Å². The van der Waals surface area contributed by atoms with Crippen LogP contribution in [0.3, 0.4) is 0 Å². The molecule has 2 saturated heterocycles. The maximum Gasteiger partial charge on any atom is 0.410 e. The number of carbonyl (C=O) groups is 2. The fraction of sp³-hybridized carbons (Fsp3) is 0.680. The monoisotopic (exact) mass is 428 g/mol. The summed E-state index contributed by atoms with van der Waals surface area (Å²) in [5, 5.41) is 11.9. The Morgan fingerprint density at radius 3 is 2.48 bits per heavy atom. The molecule has 2 atom stereocenters. The Labute approximate surface area is 185 Å². The van der Waals surface area contributed by atoms with Crippen LogP contribution >= 0.6 is 0 Å². The van der Waals surface area contributed by atoms with E-state index >= 15 is 0 Å². The molecule has 0 aromatic heterocycles. The third kappa shape index (κ3) is 4.45. The summed E-state index contributed by atoms with van der Waals surface area (Å²) >= 11 is 0. The number of nitrogens with zero attached hydrogens (tertiary/aromatic N) is 2. The molecular weight excluding hydrogens is 392 g/mol. The zero-order chi connectivity index (χ0) is 22.3. The number of rotatable bonds is 3. The highest BCUT2D eigenvalue weighted by Gasteiger charge is 2.57. The SMILES string of the molecule is CC(C)(C)OC(=O)N1CC[C@@](O)(CN2C[C@H](c3ccccc3)CC2=O)C2(CCCC2)C1. The van der Waals surface area contributed by atoms with Crippen LogP contribution in [-0.2, 0) is 9.53 Å². The Kier molecular flexibility index (Phi) is 5.80. The molecule has 1 N–H and O–H groups in total. The van der Waals surface area contributed by atoms with Gasteiger partial charge in [0, 0.05) is 37.4 Å². The predicted octanol–water partition coefficient (Wildman–Crippen LogP) is 3.93. The molecule has 1 saturated carbocycles. The third-order valence-corrected chi connectivity index (χ3v) is 7.43. The molecule has 1 aliphatic carbocycles. The van der Waals surface area contributed by atoms with E-state index in [1.807, 2.05) is 43.9 Å². The van der Waals surface area contributed by atoms with Crippen molar-refractivity contribution in [3.63, 3.8) is 0 Å². The van der Waals surface area contributed by atoms with Crippen molar-refractivity contribution < 1.29 is 19.4 Å². The molecular formula is C25H36N2O4. The van der Waals surface area contributed by atoms with E-state index in [0.29, 0.717) is 39.0 Å². The average Bonchev–Trinajstić information content (AvgIpc) is 3.32. The Hall–Kier alpha value is -2.08. The molecule has 6 nitrogen and oxygen atoms in total. The Balaban J connectivity index is 1.49. The number of carbonyl (C=O) groups excluding carboxylic acids is 2. The summed E-state index contributed by atoms with van der Waals surface area (Å²) in [7, 11) is 0. The van der Waals surface area contributed by atoms with Crippen LogP contribution in [0.5, 0.6) is 0 Å². The highest BCUT2D eigenvalue weighted by atomic mass is 16.6. The molecule has 0 bridgehead atoms. The standard InChI is InChI=1S/C25H36N2O4/c1-23(2,3)31-22(29)26-14-13-25(30,24(17-26)11-7-8-12-24)18-27-16-20(15-21(27)28)19-9-5-4-6-10-19/h4-6,9-10,20,30H,7-8,11-18H2,1-3H3/t20-,25-/m1/s1. The van der Waals surface area contributed by atoms with Gasteiger partial charge in [0.25, 0.3) is 0 Å². The first-order valence-electron chi connectivity index (χ1n) is 11.6. The topological polar surface area (TPSA) is 70.1 Å². The lowest BCUT2D eigenvalue weighted by Gasteiger charge is -2.53. The van der Waals surface area contributed by atoms with Gasteiger partial charge in [-0.2, -0.15) is 0 Å². The number of ether oxygens (including phenoxy) is 1. The second-order valence-corrected chi connectivity index (χ2v) is 10.8. The maximum absolute atomic E-state index is 12.8. The molecule has 0 unspecified atom stereocenters. The second-order valence-electron chi connectivity index (χ2n) is 10.8. The van der Waals surface area contributed by atoms with Gasteiger partial charge in [0.15, 0.2) is 0 Å². The molecule has 3 fully saturated rings. The smallest absolute Gasteiger partial charge is 0.410 e. The summed E-state index contributed by atoms with van der Waals surface area (Å²) in [6.45, 7) is 7.59. The van der Waals surface area contributed by atoms with Gasteiger partial charge in [0.1, 0.15) is 5.60 Å². The quantitative estimate of drug-likeness (QED) is 0.792. The summed E-state index contributed by atoms with van der Waals surface area (Å²) in [5.74, 6) is 0.295. The van der Waals surface area contributed by atoms with Gasteiger partial charge < -0.3 is 19.6 Å². The first-order chi connectivity index (χ1) is 14.6. The summed E-state index contributed by atoms with van der Waals surface area (Å²) in [6.07, 6.45) is 4.53. The minimum absolute atomic E-state index is 0.116. The zero-order valence-corrected chi connectivity index (χ0v) is 19.1. The lowest BCUT2D eigenvalue weighted by atomic mass is 9.65. The van der Waals surface area contributed by atoms with Gasteiger partial charge in [-0.05, 0) is 45.6 Å². The van der Waals surface area contributed by atoms with Gasteiger partial charge in [-0.1, -0.05) is 43.2 Å². The summed E-state index contributed by atoms with van der Waals surface area (Å²) in [4.78, 5) is 29.2. The van der Waals surface area contributed by atoms with Crippen molar-refractivity contribution in [2.75, 3.05) is 26.2 Å². The lowest BCUT2D eigenvalue weighted by Crippen LogP contribution is -2.64. The fourth-order valence-electron chi connectivity index (χ4n) is 5.77. The van der Waals surface area contributed by atoms with E-state index < -0.39 is 11.2 Å². The van der Waals surface area contributed by atoms with E-state index in [1.54, 1.807) is 4.90 Å². The molecule has 1 aromatic rings. The van der Waals surface area contributed by atoms with Crippen LogP contribution in [0.25, 0.3) is 0 Å². The number of hydrogen-bond donors (Lipinski definition) is 1. The Bertz CT molecular complexity index is 813. The number of hydrogen-bond acceptors (Lipinski definition) is 4. The number of likely N-dealkylation sites (tertiary alicyclic amines) is 2. The van der Waals surface area contributed by atoms with Crippen molar-refractivity contribution in [2.24, 2.45) is 5.41 Å². The fourth-order valence-corrected chi connectivity index (χ4v) is 5.77. The molecule has 31 heavy (non-hydrogen) atoms. The lowest BCUT2D eigenvalue weighted by molar-refractivity contribution is -0.154. The normalized spacial score (nSPS) is 28.4. The van der Waals surface area contributed by atoms with Gasteiger partial charge in [0.05, 0.1) is 12.1 Å². The zero-order valence-electron chi connectivity index (χ0n) is 19.1. The second kappa shape index (κ2) is 8.12. The minimum Gasteiger partial charge on any atom is -0.444 e. The summed E-state index contributed by atoms with van der Waals surface area (Å²) in [5.41, 5.74) is -0.695. The molecule has 1 aromatic carbocycles. The van der Waals surface area contributed by atoms with Crippen molar-refractivity contribution in [1.82, 2.24) is 9.80 Å². The van der Waals surface area contributed by atoms with Crippen LogP contribution in [0.2, 0.25) is 0 Å². The number of piperidine rings is 1. The molecule has 6 heteroatoms. The molecule has 170 valence electrons. The van der Waals surface area contributed by atoms with Crippen molar-refractivity contribution >= 4 is 12.0 Å². The van der Waals surface area contributed by atoms with E-state index in [2.05, 4.69) is 12.1 Å². The average molecular weight is 429 g/mol. The van der Waals surface area contributed by atoms with Gasteiger partial charge in [-0.25, -0.2) is 4.79 Å². The maximum atomic E-state index is 12.8. The molecule has 4 rings (SSSR count). The van der Waals surface area contributed by atoms with Crippen LogP contribution in [0.4, 0.5) is 4.79 Å². The van der Waals surface area contributed by atoms with Gasteiger partial charge in [-0.15, -0.1) is 0 Å². The van der Waals surface area contributed by atoms with Crippen LogP contribution in [0, 0.1) is 5.41 Å². The number of benzene rings is 1. The number of aliphatic hydroxyl groups is 1. The molecule has 1 spiro atoms. The van der Waals surface area contributed by atoms with Crippen molar-refractivity contribution in [2.45, 2.75) is 76.4 Å². The number of β-amino-alcohol motifs (C(OH)–C–C–N with tert-alkyl or cyclic N) is 1. The highest BCUT2D eigenvalue weighted by molar-refractivity contribution is 5.80. The summed E-state index contributed by atoms with van der Waals surface area (Å²) < 4.78 is 5.60. The van der Waals surface area contributed by atoms with Crippen LogP contribution in [0.15, 0.2) is 30.3 Å². The largest absolute Gasteiger partial charge is 0.444 e. The minimum atomic E-state index is -0.969. The first kappa shape index (κ1) is 22.1.